The summed E-state index contributed by atoms with van der Waals surface area (Å²) in [4.78, 5) is 237. The van der Waals surface area contributed by atoms with Gasteiger partial charge in [-0.25, -0.2) is 0 Å². The van der Waals surface area contributed by atoms with Crippen molar-refractivity contribution in [2.75, 3.05) is 38.2 Å². The van der Waals surface area contributed by atoms with Crippen molar-refractivity contribution in [3.8, 4) is 0 Å². The van der Waals surface area contributed by atoms with Gasteiger partial charge in [-0.3, -0.25) is 86.2 Å². The van der Waals surface area contributed by atoms with Gasteiger partial charge in [-0.05, 0) is 160 Å². The number of aryl methyl sites for hydroxylation is 1. The van der Waals surface area contributed by atoms with Crippen molar-refractivity contribution >= 4 is 112 Å². The van der Waals surface area contributed by atoms with Crippen LogP contribution in [0, 0.1) is 17.8 Å². The normalized spacial score (nSPS) is 19.7. The summed E-state index contributed by atoms with van der Waals surface area (Å²) in [5, 5.41) is 102. The zero-order valence-corrected chi connectivity index (χ0v) is 75.0. The number of nitrogens with zero attached hydrogens (tertiary/aromatic N) is 3. The molecule has 2 bridgehead atoms. The lowest BCUT2D eigenvalue weighted by Gasteiger charge is -2.29. The lowest BCUT2D eigenvalue weighted by molar-refractivity contribution is -0.137. The summed E-state index contributed by atoms with van der Waals surface area (Å²) in [6.45, 7) is 16.2. The maximum Gasteiger partial charge on any atom is 0.245 e. The molecule has 126 heavy (non-hydrogen) atoms. The first-order chi connectivity index (χ1) is 59.4. The summed E-state index contributed by atoms with van der Waals surface area (Å²) in [5.41, 5.74) is 17.7. The SMILES string of the molecule is CC[C@H](C)[C@H](NC(=O)[C@@H](NC(=O)[C@@H](NC(C)=O)[C@@H](C)O)[C@@H](C)O)C(=O)NCC(=O)N[C@@H](CCSC)C(=O)N[C@H]1CCCCn2cc(nn2)C[C@H](C(=O)N[C@@H](C)C(=O)N[C@@H](Cc2ccccc2)C(=O)N[C@@H](CCCCN)C(=O)N[C@H](C(=O)N[C@@H](CC(C)C)C(=O)N[C@@H](CO)C(N)=O)[C@@H](C)O)NC(=O)[C@H](CCCCN)NC(=O)[C@H](CC(C)C)NC(=O)[C@H]([C@@H](C)O)NC1=O. The van der Waals surface area contributed by atoms with Gasteiger partial charge in [0.05, 0.1) is 43.3 Å². The second-order valence-corrected chi connectivity index (χ2v) is 33.6. The molecule has 2 aromatic rings. The van der Waals surface area contributed by atoms with E-state index in [2.05, 4.69) is 95.4 Å². The molecule has 1 aliphatic heterocycles. The minimum absolute atomic E-state index is 0.00714. The maximum atomic E-state index is 14.9. The Balaban J connectivity index is 2.06. The number of thioether (sulfide) groups is 1. The number of aliphatic hydroxyl groups excluding tert-OH is 5. The molecule has 0 radical (unpaired) electrons. The first-order valence-electron chi connectivity index (χ1n) is 42.6. The predicted molar refractivity (Wildman–Crippen MR) is 461 cm³/mol. The van der Waals surface area contributed by atoms with Crippen molar-refractivity contribution in [2.24, 2.45) is 35.0 Å². The van der Waals surface area contributed by atoms with E-state index in [9.17, 15) is 107 Å². The van der Waals surface area contributed by atoms with Gasteiger partial charge in [0.1, 0.15) is 90.6 Å². The molecule has 27 N–H and O–H groups in total. The molecule has 708 valence electrons. The second-order valence-electron chi connectivity index (χ2n) is 32.6. The number of hydrogen-bond acceptors (Lipinski definition) is 27. The van der Waals surface area contributed by atoms with Gasteiger partial charge in [0.2, 0.25) is 100 Å². The topological polar surface area (TPSA) is 693 Å². The second kappa shape index (κ2) is 56.5. The number of nitrogens with one attached hydrogen (secondary N) is 16. The molecule has 0 unspecified atom stereocenters. The van der Waals surface area contributed by atoms with Crippen molar-refractivity contribution in [3.05, 3.63) is 47.8 Å². The standard InChI is InChI=1S/C81H136N22O22S/c1-14-43(6)62(97-81(125)66(48(11)108)100-80(124)63(45(8)105)87-49(12)109)77(121)85-38-61(110)88-55(29-33-126-13)70(114)89-54-28-20-23-32-103-39-51(101-102-103)37-59(93-69(113)52(26-18-21-30-82)90-74(118)56(34-41(2)3)94-78(122)64(46(9)106)99-72(54)116)73(117)86-44(7)68(112)92-58(36-50-24-16-15-17-25-50)76(120)91-53(27-19-22-31-83)71(115)98-65(47(10)107)79(123)95-57(35-42(4)5)75(119)96-60(40-104)67(84)111/h15-17,24-25,39,41-48,52-60,62-66,104-108H,14,18-23,26-38,40,82-83H2,1-13H3,(H2,84,111)(H,85,121)(H,86,117)(H,87,109)(H,88,110)(H,89,114)(H,90,118)(H,91,120)(H,92,112)(H,93,113)(H,94,122)(H,95,123)(H,96,119)(H,97,125)(H,98,115)(H,99,116)(H,100,124)/t43-,44-,45+,46+,47+,48+,52-,53-,54-,55-,56-,57-,58-,59+,60-,62-,63-,64-,65-,66-/m0/s1. The number of unbranched alkanes of at least 4 members (excludes halogenated alkanes) is 2. The van der Waals surface area contributed by atoms with E-state index in [1.165, 1.54) is 57.3 Å². The Morgan fingerprint density at radius 3 is 1.67 bits per heavy atom. The first kappa shape index (κ1) is 110. The van der Waals surface area contributed by atoms with Crippen LogP contribution in [0.15, 0.2) is 36.5 Å². The van der Waals surface area contributed by atoms with Crippen LogP contribution >= 0.6 is 11.8 Å². The van der Waals surface area contributed by atoms with Gasteiger partial charge < -0.3 is 128 Å². The van der Waals surface area contributed by atoms with Gasteiger partial charge in [0.25, 0.3) is 0 Å². The summed E-state index contributed by atoms with van der Waals surface area (Å²) in [6, 6.07) is -14.6. The molecular weight excluding hydrogens is 1670 g/mol. The highest BCUT2D eigenvalue weighted by atomic mass is 32.2. The predicted octanol–water partition coefficient (Wildman–Crippen LogP) is -7.17. The molecule has 1 aromatic heterocycles. The summed E-state index contributed by atoms with van der Waals surface area (Å²) in [5.74, 6) is -17.1. The fraction of sp³-hybridized carbons (Fsp3) is 0.691. The number of benzene rings is 1. The molecule has 1 aliphatic rings. The van der Waals surface area contributed by atoms with Gasteiger partial charge in [-0.15, -0.1) is 5.10 Å². The highest BCUT2D eigenvalue weighted by Crippen LogP contribution is 2.17. The van der Waals surface area contributed by atoms with Crippen molar-refractivity contribution in [3.63, 3.8) is 0 Å². The summed E-state index contributed by atoms with van der Waals surface area (Å²) in [7, 11) is 0. The van der Waals surface area contributed by atoms with Gasteiger partial charge in [-0.2, -0.15) is 11.8 Å². The van der Waals surface area contributed by atoms with Crippen molar-refractivity contribution < 1.29 is 107 Å². The summed E-state index contributed by atoms with van der Waals surface area (Å²) >= 11 is 1.30. The monoisotopic (exact) mass is 1800 g/mol. The molecule has 3 rings (SSSR count). The van der Waals surface area contributed by atoms with Crippen molar-refractivity contribution in [1.29, 1.82) is 0 Å². The zero-order chi connectivity index (χ0) is 94.8. The lowest BCUT2D eigenvalue weighted by Crippen LogP contribution is -2.62. The lowest BCUT2D eigenvalue weighted by atomic mass is 9.97. The molecular formula is C81H136N22O22S. The van der Waals surface area contributed by atoms with E-state index in [0.29, 0.717) is 24.8 Å². The van der Waals surface area contributed by atoms with Crippen LogP contribution in [0.1, 0.15) is 178 Å². The largest absolute Gasteiger partial charge is 0.394 e. The van der Waals surface area contributed by atoms with E-state index < -0.39 is 241 Å². The van der Waals surface area contributed by atoms with Crippen LogP contribution in [0.3, 0.4) is 0 Å². The number of carbonyl (C=O) groups is 17. The Kier molecular flexibility index (Phi) is 49.1. The molecule has 1 aromatic carbocycles. The number of aromatic nitrogens is 3. The Labute approximate surface area is 738 Å². The quantitative estimate of drug-likeness (QED) is 0.0274. The van der Waals surface area contributed by atoms with Crippen LogP contribution in [-0.2, 0) is 101 Å². The third kappa shape index (κ3) is 38.7. The number of amides is 17. The van der Waals surface area contributed by atoms with Crippen LogP contribution in [0.4, 0.5) is 0 Å². The van der Waals surface area contributed by atoms with E-state index in [-0.39, 0.29) is 114 Å². The van der Waals surface area contributed by atoms with Crippen LogP contribution in [0.25, 0.3) is 0 Å². The number of nitrogens with two attached hydrogens (primary N) is 3. The molecule has 0 aliphatic carbocycles. The summed E-state index contributed by atoms with van der Waals surface area (Å²) in [6.07, 6.45) is -2.43. The number of primary amides is 1. The highest BCUT2D eigenvalue weighted by molar-refractivity contribution is 7.98. The third-order valence-corrected chi connectivity index (χ3v) is 21.2. The molecule has 0 spiro atoms. The number of aliphatic hydroxyl groups is 5. The molecule has 44 nitrogen and oxygen atoms in total. The van der Waals surface area contributed by atoms with E-state index in [1.54, 1.807) is 78.1 Å². The minimum Gasteiger partial charge on any atom is -0.394 e. The molecule has 45 heteroatoms. The Bertz CT molecular complexity index is 3910. The van der Waals surface area contributed by atoms with E-state index in [1.807, 2.05) is 0 Å². The Morgan fingerprint density at radius 1 is 0.563 bits per heavy atom. The first-order valence-corrected chi connectivity index (χ1v) is 44.0. The molecule has 17 amide bonds. The average molecular weight is 1800 g/mol. The third-order valence-electron chi connectivity index (χ3n) is 20.5. The van der Waals surface area contributed by atoms with Crippen molar-refractivity contribution in [1.82, 2.24) is 100 Å². The summed E-state index contributed by atoms with van der Waals surface area (Å²) < 4.78 is 1.38. The Morgan fingerprint density at radius 2 is 1.10 bits per heavy atom. The van der Waals surface area contributed by atoms with Crippen LogP contribution in [0.5, 0.6) is 0 Å². The van der Waals surface area contributed by atoms with Gasteiger partial charge in [0, 0.05) is 32.5 Å². The van der Waals surface area contributed by atoms with Gasteiger partial charge >= 0.3 is 0 Å². The minimum atomic E-state index is -1.81. The van der Waals surface area contributed by atoms with E-state index >= 15 is 0 Å². The molecule has 0 saturated heterocycles. The van der Waals surface area contributed by atoms with Crippen LogP contribution in [-0.4, -0.2) is 294 Å². The van der Waals surface area contributed by atoms with E-state index in [4.69, 9.17) is 17.2 Å². The zero-order valence-electron chi connectivity index (χ0n) is 74.2. The molecule has 20 atom stereocenters. The molecule has 0 saturated carbocycles. The maximum absolute atomic E-state index is 14.9. The molecule has 2 heterocycles. The Hall–Kier alpha value is -10.6. The number of fused-ring (bicyclic) bond motifs is 2. The fourth-order valence-electron chi connectivity index (χ4n) is 13.2. The number of hydrogen-bond donors (Lipinski definition) is 24. The van der Waals surface area contributed by atoms with Gasteiger partial charge in [-0.1, -0.05) is 83.5 Å². The van der Waals surface area contributed by atoms with Gasteiger partial charge in [0.15, 0.2) is 0 Å². The smallest absolute Gasteiger partial charge is 0.245 e. The molecule has 0 fully saturated rings. The fourth-order valence-corrected chi connectivity index (χ4v) is 13.6. The number of rotatable bonds is 48. The average Bonchev–Trinajstić information content (AvgIpc) is 1.11. The van der Waals surface area contributed by atoms with Crippen LogP contribution < -0.4 is 102 Å². The number of carbonyl (C=O) groups excluding carboxylic acids is 17. The van der Waals surface area contributed by atoms with E-state index in [0.717, 1.165) is 6.92 Å². The van der Waals surface area contributed by atoms with Crippen molar-refractivity contribution in [2.45, 2.75) is 301 Å². The van der Waals surface area contributed by atoms with Crippen LogP contribution in [0.2, 0.25) is 0 Å². The highest BCUT2D eigenvalue weighted by Gasteiger charge is 2.41.